The Morgan fingerprint density at radius 2 is 2.00 bits per heavy atom. The number of carbonyl (C=O) groups excluding carboxylic acids is 1. The summed E-state index contributed by atoms with van der Waals surface area (Å²) in [7, 11) is 1.59. The Morgan fingerprint density at radius 1 is 1.20 bits per heavy atom. The topological polar surface area (TPSA) is 77.2 Å². The van der Waals surface area contributed by atoms with Crippen LogP contribution in [0.15, 0.2) is 57.8 Å². The number of carbonyl (C=O) groups is 1. The molecule has 0 aliphatic heterocycles. The van der Waals surface area contributed by atoms with Crippen molar-refractivity contribution < 1.29 is 13.9 Å². The van der Waals surface area contributed by atoms with E-state index in [9.17, 15) is 4.79 Å². The molecule has 0 bridgehead atoms. The van der Waals surface area contributed by atoms with E-state index in [1.807, 2.05) is 30.3 Å². The predicted molar refractivity (Wildman–Crippen MR) is 97.1 cm³/mol. The molecule has 0 aliphatic rings. The molecule has 3 rings (SSSR count). The van der Waals surface area contributed by atoms with Crippen molar-refractivity contribution in [3.63, 3.8) is 0 Å². The molecule has 3 aromatic rings. The molecule has 6 nitrogen and oxygen atoms in total. The summed E-state index contributed by atoms with van der Waals surface area (Å²) in [5.74, 6) is 1.68. The molecular weight excluding hydrogens is 338 g/mol. The first kappa shape index (κ1) is 17.0. The van der Waals surface area contributed by atoms with E-state index in [2.05, 4.69) is 22.4 Å². The van der Waals surface area contributed by atoms with E-state index in [0.29, 0.717) is 22.8 Å². The second-order valence-electron chi connectivity index (χ2n) is 5.06. The van der Waals surface area contributed by atoms with Gasteiger partial charge in [-0.25, -0.2) is 0 Å². The van der Waals surface area contributed by atoms with Crippen LogP contribution in [0.25, 0.3) is 11.5 Å². The number of nitrogens with zero attached hydrogens (tertiary/aromatic N) is 2. The first-order chi connectivity index (χ1) is 12.2. The number of hydrogen-bond acceptors (Lipinski definition) is 6. The highest BCUT2D eigenvalue weighted by molar-refractivity contribution is 7.99. The number of benzene rings is 2. The van der Waals surface area contributed by atoms with Gasteiger partial charge >= 0.3 is 6.01 Å². The molecule has 25 heavy (non-hydrogen) atoms. The van der Waals surface area contributed by atoms with Crippen LogP contribution in [0.4, 0.5) is 6.01 Å². The molecule has 128 valence electrons. The highest BCUT2D eigenvalue weighted by Crippen LogP contribution is 2.24. The maximum absolute atomic E-state index is 12.3. The molecule has 0 atom stereocenters. The van der Waals surface area contributed by atoms with Gasteiger partial charge in [0.2, 0.25) is 5.89 Å². The molecule has 0 saturated heterocycles. The fraction of sp³-hybridized carbons (Fsp3) is 0.167. The van der Waals surface area contributed by atoms with E-state index in [-0.39, 0.29) is 11.9 Å². The molecule has 2 aromatic carbocycles. The quantitative estimate of drug-likeness (QED) is 0.671. The molecule has 0 saturated carbocycles. The lowest BCUT2D eigenvalue weighted by Gasteiger charge is -2.02. The Morgan fingerprint density at radius 3 is 2.72 bits per heavy atom. The highest BCUT2D eigenvalue weighted by atomic mass is 32.2. The molecule has 0 spiro atoms. The summed E-state index contributed by atoms with van der Waals surface area (Å²) in [6, 6.07) is 14.7. The van der Waals surface area contributed by atoms with Crippen LogP contribution in [0.1, 0.15) is 17.3 Å². The van der Waals surface area contributed by atoms with Crippen molar-refractivity contribution in [1.29, 1.82) is 0 Å². The van der Waals surface area contributed by atoms with E-state index in [1.54, 1.807) is 37.1 Å². The van der Waals surface area contributed by atoms with Crippen molar-refractivity contribution in [3.8, 4) is 17.2 Å². The Bertz CT molecular complexity index is 862. The van der Waals surface area contributed by atoms with Gasteiger partial charge in [0.15, 0.2) is 0 Å². The molecule has 1 aromatic heterocycles. The van der Waals surface area contributed by atoms with E-state index >= 15 is 0 Å². The van der Waals surface area contributed by atoms with E-state index in [4.69, 9.17) is 9.15 Å². The van der Waals surface area contributed by atoms with Crippen LogP contribution in [-0.4, -0.2) is 29.0 Å². The zero-order valence-electron chi connectivity index (χ0n) is 13.9. The number of amides is 1. The third-order valence-electron chi connectivity index (χ3n) is 3.39. The molecule has 7 heteroatoms. The van der Waals surface area contributed by atoms with Crippen LogP contribution in [-0.2, 0) is 0 Å². The molecule has 0 radical (unpaired) electrons. The van der Waals surface area contributed by atoms with Gasteiger partial charge in [-0.05, 0) is 48.2 Å². The summed E-state index contributed by atoms with van der Waals surface area (Å²) in [6.07, 6.45) is 0. The van der Waals surface area contributed by atoms with Crippen molar-refractivity contribution in [2.24, 2.45) is 0 Å². The molecule has 0 aliphatic carbocycles. The van der Waals surface area contributed by atoms with Crippen LogP contribution in [0.2, 0.25) is 0 Å². The fourth-order valence-corrected chi connectivity index (χ4v) is 2.85. The summed E-state index contributed by atoms with van der Waals surface area (Å²) in [6.45, 7) is 2.08. The second kappa shape index (κ2) is 7.85. The van der Waals surface area contributed by atoms with Crippen LogP contribution < -0.4 is 10.1 Å². The van der Waals surface area contributed by atoms with Crippen molar-refractivity contribution in [2.45, 2.75) is 11.8 Å². The van der Waals surface area contributed by atoms with Crippen LogP contribution >= 0.6 is 11.8 Å². The van der Waals surface area contributed by atoms with Crippen LogP contribution in [0.5, 0.6) is 5.75 Å². The summed E-state index contributed by atoms with van der Waals surface area (Å²) in [5, 5.41) is 10.4. The smallest absolute Gasteiger partial charge is 0.322 e. The minimum Gasteiger partial charge on any atom is -0.497 e. The normalized spacial score (nSPS) is 10.5. The highest BCUT2D eigenvalue weighted by Gasteiger charge is 2.13. The van der Waals surface area contributed by atoms with Crippen molar-refractivity contribution in [3.05, 3.63) is 54.1 Å². The Kier molecular flexibility index (Phi) is 5.35. The standard InChI is InChI=1S/C18H17N3O3S/c1-3-25-15-9-7-12(8-10-15)16(22)19-18-21-20-17(24-18)13-5-4-6-14(11-13)23-2/h4-11H,3H2,1-2H3,(H,19,21,22). The van der Waals surface area contributed by atoms with Gasteiger partial charge in [-0.15, -0.1) is 16.9 Å². The Balaban J connectivity index is 1.71. The predicted octanol–water partition coefficient (Wildman–Crippen LogP) is 4.11. The minimum absolute atomic E-state index is 0.0508. The molecule has 0 unspecified atom stereocenters. The largest absolute Gasteiger partial charge is 0.497 e. The van der Waals surface area contributed by atoms with E-state index in [1.165, 1.54) is 0 Å². The zero-order chi connectivity index (χ0) is 17.6. The van der Waals surface area contributed by atoms with Gasteiger partial charge < -0.3 is 9.15 Å². The summed E-state index contributed by atoms with van der Waals surface area (Å²) >= 11 is 1.72. The number of aromatic nitrogens is 2. The first-order valence-electron chi connectivity index (χ1n) is 7.71. The van der Waals surface area contributed by atoms with Gasteiger partial charge in [-0.1, -0.05) is 18.1 Å². The van der Waals surface area contributed by atoms with Gasteiger partial charge in [-0.3, -0.25) is 10.1 Å². The average Bonchev–Trinajstić information content (AvgIpc) is 3.11. The number of anilines is 1. The van der Waals surface area contributed by atoms with E-state index < -0.39 is 0 Å². The lowest BCUT2D eigenvalue weighted by Crippen LogP contribution is -2.11. The number of thioether (sulfide) groups is 1. The summed E-state index contributed by atoms with van der Waals surface area (Å²) in [4.78, 5) is 13.4. The lowest BCUT2D eigenvalue weighted by molar-refractivity contribution is 0.102. The maximum atomic E-state index is 12.3. The number of hydrogen-bond donors (Lipinski definition) is 1. The maximum Gasteiger partial charge on any atom is 0.322 e. The van der Waals surface area contributed by atoms with Gasteiger partial charge in [0.05, 0.1) is 7.11 Å². The van der Waals surface area contributed by atoms with Gasteiger partial charge in [0, 0.05) is 16.0 Å². The van der Waals surface area contributed by atoms with Crippen molar-refractivity contribution >= 4 is 23.7 Å². The molecular formula is C18H17N3O3S. The third-order valence-corrected chi connectivity index (χ3v) is 4.28. The zero-order valence-corrected chi connectivity index (χ0v) is 14.7. The summed E-state index contributed by atoms with van der Waals surface area (Å²) in [5.41, 5.74) is 1.25. The number of ether oxygens (including phenoxy) is 1. The van der Waals surface area contributed by atoms with Gasteiger partial charge in [0.25, 0.3) is 5.91 Å². The molecule has 1 N–H and O–H groups in total. The minimum atomic E-state index is -0.297. The molecule has 1 heterocycles. The number of methoxy groups -OCH3 is 1. The van der Waals surface area contributed by atoms with Gasteiger partial charge in [0.1, 0.15) is 5.75 Å². The first-order valence-corrected chi connectivity index (χ1v) is 8.70. The molecule has 0 fully saturated rings. The average molecular weight is 355 g/mol. The number of rotatable bonds is 6. The van der Waals surface area contributed by atoms with Crippen LogP contribution in [0, 0.1) is 0 Å². The fourth-order valence-electron chi connectivity index (χ4n) is 2.18. The molecule has 1 amide bonds. The Labute approximate surface area is 149 Å². The Hall–Kier alpha value is -2.80. The monoisotopic (exact) mass is 355 g/mol. The summed E-state index contributed by atoms with van der Waals surface area (Å²) < 4.78 is 10.7. The second-order valence-corrected chi connectivity index (χ2v) is 6.39. The number of nitrogens with one attached hydrogen (secondary N) is 1. The van der Waals surface area contributed by atoms with Gasteiger partial charge in [-0.2, -0.15) is 0 Å². The van der Waals surface area contributed by atoms with Crippen molar-refractivity contribution in [2.75, 3.05) is 18.2 Å². The van der Waals surface area contributed by atoms with Crippen molar-refractivity contribution in [1.82, 2.24) is 10.2 Å². The van der Waals surface area contributed by atoms with E-state index in [0.717, 1.165) is 10.6 Å². The van der Waals surface area contributed by atoms with Crippen LogP contribution in [0.3, 0.4) is 0 Å². The lowest BCUT2D eigenvalue weighted by atomic mass is 10.2. The third kappa shape index (κ3) is 4.19. The SMILES string of the molecule is CCSc1ccc(C(=O)Nc2nnc(-c3cccc(OC)c3)o2)cc1.